The topological polar surface area (TPSA) is 57.7 Å². The molecule has 0 spiro atoms. The molecule has 0 saturated heterocycles. The number of allylic oxidation sites excluding steroid dienone is 1. The van der Waals surface area contributed by atoms with Gasteiger partial charge < -0.3 is 9.47 Å². The van der Waals surface area contributed by atoms with E-state index in [4.69, 9.17) is 8.75 Å². The van der Waals surface area contributed by atoms with Gasteiger partial charge in [0.25, 0.3) is 0 Å². The number of aromatic nitrogens is 3. The Labute approximate surface area is 424 Å². The molecule has 0 atom stereocenters. The van der Waals surface area contributed by atoms with Gasteiger partial charge >= 0.3 is 0 Å². The van der Waals surface area contributed by atoms with Gasteiger partial charge in [0.1, 0.15) is 22.9 Å². The number of hydrogen-bond acceptors (Lipinski definition) is 5. The predicted octanol–water partition coefficient (Wildman–Crippen LogP) is 17.8. The molecule has 2 aromatic heterocycles. The first-order chi connectivity index (χ1) is 34.9. The SMILES string of the molecule is CC(C)(C)c1ccc(C(=C(C#N)c2ccc(N(c3ccc(-c4ccccc4)cc3)c3ccc(-c4cccc5c6ccccc6n(-c6ccc(F)cc6)c45)c4nsnc34)cc2)c2ccc(C(C)(C)C)cc2)cc1. The number of nitrogens with zero attached hydrogens (tertiary/aromatic N) is 5. The van der Waals surface area contributed by atoms with Gasteiger partial charge in [0.05, 0.1) is 34.0 Å². The normalized spacial score (nSPS) is 11.8. The summed E-state index contributed by atoms with van der Waals surface area (Å²) < 4.78 is 26.6. The minimum absolute atomic E-state index is 0.0144. The van der Waals surface area contributed by atoms with Gasteiger partial charge in [0, 0.05) is 44.5 Å². The van der Waals surface area contributed by atoms with Crippen LogP contribution < -0.4 is 4.90 Å². The highest BCUT2D eigenvalue weighted by Crippen LogP contribution is 2.45. The van der Waals surface area contributed by atoms with Gasteiger partial charge in [-0.3, -0.25) is 0 Å². The van der Waals surface area contributed by atoms with E-state index in [1.165, 1.54) is 35.0 Å². The molecule has 9 aromatic carbocycles. The van der Waals surface area contributed by atoms with E-state index in [9.17, 15) is 9.65 Å². The number of benzene rings is 9. The second-order valence-corrected chi connectivity index (χ2v) is 21.0. The van der Waals surface area contributed by atoms with Crippen molar-refractivity contribution in [3.8, 4) is 34.0 Å². The Morgan fingerprint density at radius 2 is 1.06 bits per heavy atom. The Kier molecular flexibility index (Phi) is 11.7. The quantitative estimate of drug-likeness (QED) is 0.107. The molecule has 0 N–H and O–H groups in total. The summed E-state index contributed by atoms with van der Waals surface area (Å²) in [5.74, 6) is -0.282. The molecule has 0 amide bonds. The maximum atomic E-state index is 14.4. The third kappa shape index (κ3) is 8.44. The molecule has 350 valence electrons. The van der Waals surface area contributed by atoms with Crippen LogP contribution in [0, 0.1) is 17.1 Å². The average Bonchev–Trinajstić information content (AvgIpc) is 4.03. The smallest absolute Gasteiger partial charge is 0.129 e. The van der Waals surface area contributed by atoms with Gasteiger partial charge in [-0.05, 0) is 117 Å². The van der Waals surface area contributed by atoms with Crippen LogP contribution in [0.4, 0.5) is 21.5 Å². The van der Waals surface area contributed by atoms with Crippen LogP contribution in [-0.4, -0.2) is 13.3 Å². The van der Waals surface area contributed by atoms with Crippen molar-refractivity contribution in [2.24, 2.45) is 0 Å². The highest BCUT2D eigenvalue weighted by atomic mass is 32.1. The third-order valence-corrected chi connectivity index (χ3v) is 14.3. The molecule has 0 aliphatic rings. The average molecular weight is 954 g/mol. The van der Waals surface area contributed by atoms with Crippen molar-refractivity contribution < 1.29 is 4.39 Å². The molecular formula is C65H52FN5S. The fourth-order valence-corrected chi connectivity index (χ4v) is 10.5. The lowest BCUT2D eigenvalue weighted by Crippen LogP contribution is -2.11. The summed E-state index contributed by atoms with van der Waals surface area (Å²) in [6, 6.07) is 73.0. The fraction of sp³-hybridized carbons (Fsp3) is 0.123. The lowest BCUT2D eigenvalue weighted by Gasteiger charge is -2.26. The Balaban J connectivity index is 1.07. The van der Waals surface area contributed by atoms with Gasteiger partial charge in [-0.1, -0.05) is 181 Å². The van der Waals surface area contributed by atoms with Crippen LogP contribution in [0.2, 0.25) is 0 Å². The number of anilines is 3. The van der Waals surface area contributed by atoms with Crippen molar-refractivity contribution in [3.63, 3.8) is 0 Å². The maximum absolute atomic E-state index is 14.4. The van der Waals surface area contributed by atoms with E-state index in [0.717, 1.165) is 100 Å². The molecule has 0 saturated carbocycles. The second-order valence-electron chi connectivity index (χ2n) is 20.4. The van der Waals surface area contributed by atoms with Crippen LogP contribution in [0.3, 0.4) is 0 Å². The van der Waals surface area contributed by atoms with Crippen molar-refractivity contribution in [2.45, 2.75) is 52.4 Å². The predicted molar refractivity (Wildman–Crippen MR) is 299 cm³/mol. The Morgan fingerprint density at radius 3 is 1.67 bits per heavy atom. The van der Waals surface area contributed by atoms with Crippen LogP contribution in [0.25, 0.3) is 71.9 Å². The molecule has 0 aliphatic heterocycles. The molecule has 7 heteroatoms. The zero-order valence-corrected chi connectivity index (χ0v) is 42.0. The lowest BCUT2D eigenvalue weighted by atomic mass is 9.83. The first kappa shape index (κ1) is 46.0. The van der Waals surface area contributed by atoms with Gasteiger partial charge in [-0.2, -0.15) is 14.0 Å². The molecule has 0 radical (unpaired) electrons. The van der Waals surface area contributed by atoms with E-state index >= 15 is 0 Å². The molecule has 72 heavy (non-hydrogen) atoms. The standard InChI is InChI=1S/C65H52FN5S/c1-64(2,3)47-27-19-45(20-28-47)60(46-21-29-48(30-22-46)65(4,5)6)57(41-67)44-25-35-51(36-26-44)70(50-33-23-43(24-34-50)42-13-8-7-9-14-42)59-40-39-54(61-62(59)69-72-68-61)56-17-12-16-55-53-15-10-11-18-58(53)71(63(55)56)52-37-31-49(66)32-38-52/h7-40H,1-6H3. The first-order valence-corrected chi connectivity index (χ1v) is 25.0. The summed E-state index contributed by atoms with van der Waals surface area (Å²) >= 11 is 1.19. The molecule has 11 rings (SSSR count). The van der Waals surface area contributed by atoms with Crippen molar-refractivity contribution >= 4 is 72.8 Å². The summed E-state index contributed by atoms with van der Waals surface area (Å²) in [5, 5.41) is 13.4. The highest BCUT2D eigenvalue weighted by Gasteiger charge is 2.25. The molecule has 5 nitrogen and oxygen atoms in total. The highest BCUT2D eigenvalue weighted by molar-refractivity contribution is 7.00. The van der Waals surface area contributed by atoms with Gasteiger partial charge in [-0.15, -0.1) is 0 Å². The van der Waals surface area contributed by atoms with Gasteiger partial charge in [0.2, 0.25) is 0 Å². The van der Waals surface area contributed by atoms with E-state index in [2.05, 4.69) is 227 Å². The van der Waals surface area contributed by atoms with Gasteiger partial charge in [-0.25, -0.2) is 4.39 Å². The minimum atomic E-state index is -0.282. The first-order valence-electron chi connectivity index (χ1n) is 24.3. The van der Waals surface area contributed by atoms with Crippen molar-refractivity contribution in [1.29, 1.82) is 5.26 Å². The fourth-order valence-electron chi connectivity index (χ4n) is 9.98. The van der Waals surface area contributed by atoms with E-state index in [1.54, 1.807) is 0 Å². The number of hydrogen-bond donors (Lipinski definition) is 0. The zero-order valence-electron chi connectivity index (χ0n) is 41.2. The second kappa shape index (κ2) is 18.4. The van der Waals surface area contributed by atoms with E-state index in [0.29, 0.717) is 5.57 Å². The summed E-state index contributed by atoms with van der Waals surface area (Å²) in [6.07, 6.45) is 0. The van der Waals surface area contributed by atoms with Crippen molar-refractivity contribution in [2.75, 3.05) is 4.90 Å². The Hall–Kier alpha value is -8.44. The van der Waals surface area contributed by atoms with E-state index < -0.39 is 0 Å². The number of rotatable bonds is 9. The van der Waals surface area contributed by atoms with E-state index in [-0.39, 0.29) is 16.6 Å². The molecule has 0 unspecified atom stereocenters. The summed E-state index contributed by atoms with van der Waals surface area (Å²) in [6.45, 7) is 13.3. The van der Waals surface area contributed by atoms with Crippen molar-refractivity contribution in [1.82, 2.24) is 13.3 Å². The lowest BCUT2D eigenvalue weighted by molar-refractivity contribution is 0.590. The summed E-state index contributed by atoms with van der Waals surface area (Å²) in [4.78, 5) is 2.23. The molecule has 2 heterocycles. The van der Waals surface area contributed by atoms with Crippen LogP contribution in [0.1, 0.15) is 69.4 Å². The maximum Gasteiger partial charge on any atom is 0.129 e. The molecule has 0 aliphatic carbocycles. The Bertz CT molecular complexity index is 3790. The zero-order chi connectivity index (χ0) is 49.7. The Morgan fingerprint density at radius 1 is 0.514 bits per heavy atom. The van der Waals surface area contributed by atoms with Crippen LogP contribution in [-0.2, 0) is 10.8 Å². The number of halogens is 1. The monoisotopic (exact) mass is 953 g/mol. The molecule has 0 bridgehead atoms. The van der Waals surface area contributed by atoms with Crippen LogP contribution >= 0.6 is 11.7 Å². The minimum Gasteiger partial charge on any atom is -0.309 e. The third-order valence-electron chi connectivity index (χ3n) is 13.8. The van der Waals surface area contributed by atoms with Crippen LogP contribution in [0.15, 0.2) is 206 Å². The van der Waals surface area contributed by atoms with Crippen molar-refractivity contribution in [3.05, 3.63) is 240 Å². The number of nitriles is 1. The van der Waals surface area contributed by atoms with Crippen LogP contribution in [0.5, 0.6) is 0 Å². The largest absolute Gasteiger partial charge is 0.309 e. The number of para-hydroxylation sites is 2. The molecule has 0 fully saturated rings. The van der Waals surface area contributed by atoms with E-state index in [1.807, 2.05) is 24.3 Å². The summed E-state index contributed by atoms with van der Waals surface area (Å²) in [7, 11) is 0. The molecular weight excluding hydrogens is 902 g/mol. The molecule has 11 aromatic rings. The summed E-state index contributed by atoms with van der Waals surface area (Å²) in [5.41, 5.74) is 18.0. The van der Waals surface area contributed by atoms with Gasteiger partial charge in [0.15, 0.2) is 0 Å². The number of fused-ring (bicyclic) bond motifs is 4.